The second-order valence-corrected chi connectivity index (χ2v) is 2.95. The summed E-state index contributed by atoms with van der Waals surface area (Å²) in [4.78, 5) is 14.5. The number of pyridine rings is 1. The summed E-state index contributed by atoms with van der Waals surface area (Å²) in [6, 6.07) is 2.00. The Kier molecular flexibility index (Phi) is 1.46. The van der Waals surface area contributed by atoms with Gasteiger partial charge >= 0.3 is 0 Å². The molecule has 1 aliphatic carbocycles. The Bertz CT molecular complexity index is 258. The maximum Gasteiger partial charge on any atom is 0.123 e. The summed E-state index contributed by atoms with van der Waals surface area (Å²) in [5.74, 6) is 0.203. The molecule has 0 fully saturated rings. The quantitative estimate of drug-likeness (QED) is 0.554. The van der Waals surface area contributed by atoms with Crippen molar-refractivity contribution < 1.29 is 4.79 Å². The van der Waals surface area contributed by atoms with Crippen LogP contribution in [0.15, 0.2) is 18.5 Å². The number of aromatic nitrogens is 1. The molecule has 1 aromatic heterocycles. The van der Waals surface area contributed by atoms with Crippen molar-refractivity contribution in [3.63, 3.8) is 0 Å². The van der Waals surface area contributed by atoms with Crippen molar-refractivity contribution in [3.05, 3.63) is 29.6 Å². The van der Waals surface area contributed by atoms with Gasteiger partial charge in [-0.15, -0.1) is 0 Å². The van der Waals surface area contributed by atoms with Gasteiger partial charge in [0.25, 0.3) is 0 Å². The van der Waals surface area contributed by atoms with E-state index in [1.54, 1.807) is 6.20 Å². The molecule has 0 radical (unpaired) electrons. The fourth-order valence-corrected chi connectivity index (χ4v) is 1.57. The predicted molar refractivity (Wildman–Crippen MR) is 41.2 cm³/mol. The van der Waals surface area contributed by atoms with E-state index in [0.29, 0.717) is 0 Å². The maximum absolute atomic E-state index is 10.5. The van der Waals surface area contributed by atoms with Gasteiger partial charge in [-0.1, -0.05) is 0 Å². The van der Waals surface area contributed by atoms with Crippen molar-refractivity contribution in [1.82, 2.24) is 4.98 Å². The van der Waals surface area contributed by atoms with Gasteiger partial charge in [0.1, 0.15) is 6.29 Å². The molecule has 0 saturated carbocycles. The van der Waals surface area contributed by atoms with E-state index in [4.69, 9.17) is 0 Å². The lowest BCUT2D eigenvalue weighted by Gasteiger charge is -1.92. The highest BCUT2D eigenvalue weighted by molar-refractivity contribution is 5.57. The molecule has 0 aromatic carbocycles. The third-order valence-corrected chi connectivity index (χ3v) is 2.16. The minimum atomic E-state index is 0.203. The fraction of sp³-hybridized carbons (Fsp3) is 0.333. The van der Waals surface area contributed by atoms with Gasteiger partial charge in [-0.3, -0.25) is 4.98 Å². The Morgan fingerprint density at radius 1 is 1.45 bits per heavy atom. The normalized spacial score (nSPS) is 21.3. The number of carbonyl (C=O) groups is 1. The van der Waals surface area contributed by atoms with Crippen LogP contribution in [0, 0.1) is 5.92 Å². The lowest BCUT2D eigenvalue weighted by atomic mass is 10.1. The van der Waals surface area contributed by atoms with Gasteiger partial charge in [0.15, 0.2) is 0 Å². The van der Waals surface area contributed by atoms with Crippen molar-refractivity contribution in [1.29, 1.82) is 0 Å². The summed E-state index contributed by atoms with van der Waals surface area (Å²) < 4.78 is 0. The van der Waals surface area contributed by atoms with Gasteiger partial charge in [0, 0.05) is 18.3 Å². The average Bonchev–Trinajstić information content (AvgIpc) is 2.46. The van der Waals surface area contributed by atoms with E-state index in [2.05, 4.69) is 4.98 Å². The molecule has 0 saturated heterocycles. The minimum absolute atomic E-state index is 0.203. The van der Waals surface area contributed by atoms with Crippen LogP contribution in [0.4, 0.5) is 0 Å². The maximum atomic E-state index is 10.5. The standard InChI is InChI=1S/C9H9NO/c11-6-7-3-8-1-2-10-5-9(8)4-7/h1-2,5-7H,3-4H2. The summed E-state index contributed by atoms with van der Waals surface area (Å²) in [5, 5.41) is 0. The first-order valence-corrected chi connectivity index (χ1v) is 3.77. The zero-order valence-electron chi connectivity index (χ0n) is 6.16. The molecule has 0 bridgehead atoms. The molecule has 1 atom stereocenters. The summed E-state index contributed by atoms with van der Waals surface area (Å²) in [6.07, 6.45) is 6.47. The van der Waals surface area contributed by atoms with Crippen LogP contribution < -0.4 is 0 Å². The van der Waals surface area contributed by atoms with Crippen molar-refractivity contribution in [2.45, 2.75) is 12.8 Å². The minimum Gasteiger partial charge on any atom is -0.303 e. The van der Waals surface area contributed by atoms with Crippen molar-refractivity contribution in [2.24, 2.45) is 5.92 Å². The molecule has 0 spiro atoms. The first-order chi connectivity index (χ1) is 5.40. The molecule has 1 aromatic rings. The summed E-state index contributed by atoms with van der Waals surface area (Å²) >= 11 is 0. The van der Waals surface area contributed by atoms with E-state index in [9.17, 15) is 4.79 Å². The SMILES string of the molecule is O=CC1Cc2ccncc2C1. The van der Waals surface area contributed by atoms with Crippen LogP contribution in [0.2, 0.25) is 0 Å². The van der Waals surface area contributed by atoms with E-state index in [1.165, 1.54) is 11.1 Å². The number of nitrogens with zero attached hydrogens (tertiary/aromatic N) is 1. The third-order valence-electron chi connectivity index (χ3n) is 2.16. The smallest absolute Gasteiger partial charge is 0.123 e. The Labute approximate surface area is 65.3 Å². The molecule has 2 heteroatoms. The average molecular weight is 147 g/mol. The molecule has 2 rings (SSSR count). The van der Waals surface area contributed by atoms with Crippen molar-refractivity contribution in [3.8, 4) is 0 Å². The Morgan fingerprint density at radius 2 is 2.27 bits per heavy atom. The Balaban J connectivity index is 2.33. The van der Waals surface area contributed by atoms with E-state index in [1.807, 2.05) is 12.3 Å². The molecule has 56 valence electrons. The number of fused-ring (bicyclic) bond motifs is 1. The van der Waals surface area contributed by atoms with Crippen molar-refractivity contribution >= 4 is 6.29 Å². The fourth-order valence-electron chi connectivity index (χ4n) is 1.57. The van der Waals surface area contributed by atoms with Crippen molar-refractivity contribution in [2.75, 3.05) is 0 Å². The summed E-state index contributed by atoms with van der Waals surface area (Å²) in [7, 11) is 0. The van der Waals surface area contributed by atoms with Crippen LogP contribution >= 0.6 is 0 Å². The van der Waals surface area contributed by atoms with Crippen LogP contribution in [0.25, 0.3) is 0 Å². The van der Waals surface area contributed by atoms with E-state index >= 15 is 0 Å². The van der Waals surface area contributed by atoms with Crippen LogP contribution in [0.3, 0.4) is 0 Å². The van der Waals surface area contributed by atoms with E-state index in [-0.39, 0.29) is 5.92 Å². The largest absolute Gasteiger partial charge is 0.303 e. The number of hydrogen-bond donors (Lipinski definition) is 0. The Morgan fingerprint density at radius 3 is 3.00 bits per heavy atom. The lowest BCUT2D eigenvalue weighted by molar-refractivity contribution is -0.110. The highest BCUT2D eigenvalue weighted by Gasteiger charge is 2.19. The number of carbonyl (C=O) groups excluding carboxylic acids is 1. The molecule has 0 amide bonds. The third kappa shape index (κ3) is 1.04. The highest BCUT2D eigenvalue weighted by Crippen LogP contribution is 2.23. The van der Waals surface area contributed by atoms with Gasteiger partial charge in [-0.25, -0.2) is 0 Å². The number of aldehydes is 1. The first kappa shape index (κ1) is 6.53. The van der Waals surface area contributed by atoms with Crippen LogP contribution in [-0.4, -0.2) is 11.3 Å². The molecular formula is C9H9NO. The zero-order chi connectivity index (χ0) is 7.68. The first-order valence-electron chi connectivity index (χ1n) is 3.77. The monoisotopic (exact) mass is 147 g/mol. The van der Waals surface area contributed by atoms with Gasteiger partial charge in [0.05, 0.1) is 0 Å². The van der Waals surface area contributed by atoms with Gasteiger partial charge in [0.2, 0.25) is 0 Å². The molecule has 1 aliphatic rings. The van der Waals surface area contributed by atoms with E-state index in [0.717, 1.165) is 19.1 Å². The second kappa shape index (κ2) is 2.46. The number of rotatable bonds is 1. The summed E-state index contributed by atoms with van der Waals surface area (Å²) in [6.45, 7) is 0. The predicted octanol–water partition coefficient (Wildman–Crippen LogP) is 0.995. The molecule has 0 aliphatic heterocycles. The molecule has 0 N–H and O–H groups in total. The van der Waals surface area contributed by atoms with Gasteiger partial charge in [-0.05, 0) is 30.0 Å². The molecule has 1 heterocycles. The van der Waals surface area contributed by atoms with Gasteiger partial charge < -0.3 is 4.79 Å². The topological polar surface area (TPSA) is 30.0 Å². The molecule has 2 nitrogen and oxygen atoms in total. The Hall–Kier alpha value is -1.18. The zero-order valence-corrected chi connectivity index (χ0v) is 6.16. The lowest BCUT2D eigenvalue weighted by Crippen LogP contribution is -1.99. The van der Waals surface area contributed by atoms with Gasteiger partial charge in [-0.2, -0.15) is 0 Å². The van der Waals surface area contributed by atoms with E-state index < -0.39 is 0 Å². The van der Waals surface area contributed by atoms with Crippen LogP contribution in [0.5, 0.6) is 0 Å². The molecular weight excluding hydrogens is 138 g/mol. The molecule has 1 unspecified atom stereocenters. The second-order valence-electron chi connectivity index (χ2n) is 2.95. The summed E-state index contributed by atoms with van der Waals surface area (Å²) in [5.41, 5.74) is 2.53. The molecule has 11 heavy (non-hydrogen) atoms. The number of hydrogen-bond acceptors (Lipinski definition) is 2. The van der Waals surface area contributed by atoms with Crippen LogP contribution in [-0.2, 0) is 17.6 Å². The highest BCUT2D eigenvalue weighted by atomic mass is 16.1. The van der Waals surface area contributed by atoms with Crippen LogP contribution in [0.1, 0.15) is 11.1 Å².